The molecule has 84 heavy (non-hydrogen) atoms. The summed E-state index contributed by atoms with van der Waals surface area (Å²) in [6, 6.07) is 30.1. The summed E-state index contributed by atoms with van der Waals surface area (Å²) >= 11 is 0. The predicted octanol–water partition coefficient (Wildman–Crippen LogP) is 9.93. The molecule has 10 atom stereocenters. The van der Waals surface area contributed by atoms with E-state index in [9.17, 15) is 24.3 Å². The molecular formula is C58H75N7O15P2Si2. The first-order valence-corrected chi connectivity index (χ1v) is 35.8. The molecule has 26 heteroatoms. The zero-order valence-corrected chi connectivity index (χ0v) is 53.2. The average Bonchev–Trinajstić information content (AvgIpc) is 2.18. The third-order valence-electron chi connectivity index (χ3n) is 16.4. The second kappa shape index (κ2) is 25.7. The van der Waals surface area contributed by atoms with Crippen LogP contribution in [0.2, 0.25) is 36.3 Å². The summed E-state index contributed by atoms with van der Waals surface area (Å²) in [4.78, 5) is 46.0. The van der Waals surface area contributed by atoms with Crippen molar-refractivity contribution < 1.29 is 60.1 Å². The molecule has 4 aromatic heterocycles. The van der Waals surface area contributed by atoms with E-state index in [1.54, 1.807) is 35.7 Å². The van der Waals surface area contributed by atoms with Crippen LogP contribution >= 0.6 is 16.9 Å². The van der Waals surface area contributed by atoms with E-state index < -0.39 is 88.2 Å². The maximum Gasteiger partial charge on any atom is 0.333 e. The second-order valence-corrected chi connectivity index (χ2v) is 35.1. The second-order valence-electron chi connectivity index (χ2n) is 23.6. The molecule has 0 saturated carbocycles. The standard InChI is InChI=1S/C58H75N7O15P2Si2/c1-56(2,3)83(9,10)79-49-45(76-52(50(49)77-81(68)69)64-32-27-46(66)62-34-30-60-54(62)64)38-74-82(73-36-16-29-59)78-48-44(75-53(51(48)80-84(11,12)57(4,5)6)65-33-28-47(67)63-35-31-61-55(63)65)37-72-58(39-17-14-13-15-18-39,40-19-23-42(70-7)24-20-40)41-21-25-43(71-8)26-22-41/h13-15,17-28,30-35,44-45,48-53,81H,16,36-38H2,1-12H3,(H,68,69)/t44-,45-,48-,49-,50-,51-,52-,53-,82?/m1/s1. The van der Waals surface area contributed by atoms with Crippen LogP contribution < -0.4 is 20.6 Å². The van der Waals surface area contributed by atoms with Gasteiger partial charge in [-0.05, 0) is 77.2 Å². The number of hydrogen-bond donors (Lipinski definition) is 1. The lowest BCUT2D eigenvalue weighted by Gasteiger charge is -2.41. The Morgan fingerprint density at radius 1 is 0.643 bits per heavy atom. The monoisotopic (exact) mass is 1230 g/mol. The van der Waals surface area contributed by atoms with Crippen LogP contribution in [0, 0.1) is 11.3 Å². The summed E-state index contributed by atoms with van der Waals surface area (Å²) in [5.74, 6) is 1.76. The Morgan fingerprint density at radius 3 is 1.60 bits per heavy atom. The van der Waals surface area contributed by atoms with Crippen molar-refractivity contribution in [3.05, 3.63) is 166 Å². The summed E-state index contributed by atoms with van der Waals surface area (Å²) in [5.41, 5.74) is 0.346. The SMILES string of the molecule is COc1ccc(C(OC[C@H]2O[C@@H](n3ccc(=O)n4ccnc34)[C@H](O[Si](C)(C)C(C)(C)C)[C@@H]2OP(OCCC#N)OC[C@H]2O[C@@H](n3ccc(=O)n4ccnc34)[C@H](O[PH](=O)O)[C@@H]2O[Si](C)(C)C(C)(C)C)(c2ccccc2)c2ccc(OC)cc2)cc1. The Balaban J connectivity index is 1.17. The number of hydrogen-bond acceptors (Lipinski definition) is 17. The van der Waals surface area contributed by atoms with Crippen LogP contribution in [-0.2, 0) is 51.3 Å². The van der Waals surface area contributed by atoms with Crippen molar-refractivity contribution in [3.8, 4) is 17.6 Å². The van der Waals surface area contributed by atoms with Crippen molar-refractivity contribution in [3.63, 3.8) is 0 Å². The van der Waals surface area contributed by atoms with E-state index >= 15 is 0 Å². The van der Waals surface area contributed by atoms with Crippen LogP contribution in [0.1, 0.15) is 77.1 Å². The molecule has 7 aromatic rings. The van der Waals surface area contributed by atoms with E-state index in [-0.39, 0.29) is 59.0 Å². The Morgan fingerprint density at radius 2 is 1.12 bits per heavy atom. The zero-order chi connectivity index (χ0) is 60.4. The first-order valence-electron chi connectivity index (χ1n) is 27.6. The molecule has 2 saturated heterocycles. The van der Waals surface area contributed by atoms with E-state index in [2.05, 4.69) is 70.7 Å². The Kier molecular flexibility index (Phi) is 19.2. The van der Waals surface area contributed by atoms with E-state index in [0.717, 1.165) is 16.7 Å². The van der Waals surface area contributed by atoms with Gasteiger partial charge in [-0.25, -0.2) is 9.97 Å². The summed E-state index contributed by atoms with van der Waals surface area (Å²) < 4.78 is 93.0. The van der Waals surface area contributed by atoms with Crippen molar-refractivity contribution in [2.24, 2.45) is 0 Å². The molecule has 0 radical (unpaired) electrons. The van der Waals surface area contributed by atoms with Crippen molar-refractivity contribution in [2.45, 2.75) is 139 Å². The van der Waals surface area contributed by atoms with Gasteiger partial charge in [0.2, 0.25) is 11.6 Å². The van der Waals surface area contributed by atoms with Gasteiger partial charge in [0.25, 0.3) is 11.1 Å². The third-order valence-corrected chi connectivity index (χ3v) is 27.0. The van der Waals surface area contributed by atoms with Gasteiger partial charge in [-0.1, -0.05) is 96.1 Å². The summed E-state index contributed by atoms with van der Waals surface area (Å²) in [6.45, 7) is 20.3. The Bertz CT molecular complexity index is 3500. The molecule has 22 nitrogen and oxygen atoms in total. The highest BCUT2D eigenvalue weighted by Crippen LogP contribution is 2.52. The number of nitriles is 1. The summed E-state index contributed by atoms with van der Waals surface area (Å²) in [6.07, 6.45) is 0.669. The van der Waals surface area contributed by atoms with Crippen LogP contribution in [0.3, 0.4) is 0 Å². The number of methoxy groups -OCH3 is 2. The maximum absolute atomic E-state index is 13.4. The molecule has 2 aliphatic rings. The molecule has 0 spiro atoms. The predicted molar refractivity (Wildman–Crippen MR) is 319 cm³/mol. The number of imidazole rings is 2. The van der Waals surface area contributed by atoms with Crippen molar-refractivity contribution >= 4 is 45.0 Å². The molecule has 3 aromatic carbocycles. The molecule has 9 rings (SSSR count). The van der Waals surface area contributed by atoms with Gasteiger partial charge in [0, 0.05) is 49.3 Å². The number of benzene rings is 3. The third kappa shape index (κ3) is 13.0. The molecule has 0 amide bonds. The zero-order valence-electron chi connectivity index (χ0n) is 49.3. The number of fused-ring (bicyclic) bond motifs is 2. The van der Waals surface area contributed by atoms with Gasteiger partial charge >= 0.3 is 16.9 Å². The van der Waals surface area contributed by atoms with Crippen LogP contribution in [0.15, 0.2) is 138 Å². The van der Waals surface area contributed by atoms with E-state index in [1.807, 2.05) is 92.0 Å². The first-order chi connectivity index (χ1) is 39.9. The van der Waals surface area contributed by atoms with Gasteiger partial charge in [-0.15, -0.1) is 0 Å². The minimum absolute atomic E-state index is 0.0309. The van der Waals surface area contributed by atoms with Gasteiger partial charge in [-0.2, -0.15) is 5.26 Å². The highest BCUT2D eigenvalue weighted by molar-refractivity contribution is 7.41. The van der Waals surface area contributed by atoms with Crippen LogP contribution in [-0.4, -0.2) is 120 Å². The van der Waals surface area contributed by atoms with E-state index in [0.29, 0.717) is 11.5 Å². The fourth-order valence-electron chi connectivity index (χ4n) is 9.88. The fraction of sp³-hybridized carbons (Fsp3) is 0.466. The lowest BCUT2D eigenvalue weighted by molar-refractivity contribution is -0.0938. The molecule has 6 heterocycles. The molecular weight excluding hydrogens is 1150 g/mol. The van der Waals surface area contributed by atoms with Crippen LogP contribution in [0.25, 0.3) is 11.6 Å². The first kappa shape index (κ1) is 62.8. The Labute approximate surface area is 492 Å². The molecule has 1 N–H and O–H groups in total. The Hall–Kier alpha value is -5.72. The molecule has 0 bridgehead atoms. The topological polar surface area (TPSA) is 241 Å². The molecule has 2 aliphatic heterocycles. The van der Waals surface area contributed by atoms with Crippen molar-refractivity contribution in [1.29, 1.82) is 5.26 Å². The highest BCUT2D eigenvalue weighted by atomic mass is 31.2. The normalized spacial score (nSPS) is 22.3. The smallest absolute Gasteiger partial charge is 0.333 e. The van der Waals surface area contributed by atoms with Crippen LogP contribution in [0.4, 0.5) is 0 Å². The average molecular weight is 1230 g/mol. The number of rotatable bonds is 24. The van der Waals surface area contributed by atoms with Gasteiger partial charge in [-0.3, -0.25) is 36.6 Å². The quantitative estimate of drug-likeness (QED) is 0.0256. The number of nitrogens with zero attached hydrogens (tertiary/aromatic N) is 7. The molecule has 2 fully saturated rings. The molecule has 2 unspecified atom stereocenters. The number of aromatic nitrogens is 6. The highest BCUT2D eigenvalue weighted by Gasteiger charge is 2.56. The van der Waals surface area contributed by atoms with Gasteiger partial charge in [0.1, 0.15) is 53.7 Å². The lowest BCUT2D eigenvalue weighted by Crippen LogP contribution is -2.50. The fourth-order valence-corrected chi connectivity index (χ4v) is 14.1. The summed E-state index contributed by atoms with van der Waals surface area (Å²) in [5, 5.41) is 9.19. The summed E-state index contributed by atoms with van der Waals surface area (Å²) in [7, 11) is -8.54. The van der Waals surface area contributed by atoms with Gasteiger partial charge < -0.3 is 51.0 Å². The van der Waals surface area contributed by atoms with Crippen molar-refractivity contribution in [2.75, 3.05) is 34.0 Å². The lowest BCUT2D eigenvalue weighted by atomic mass is 9.80. The van der Waals surface area contributed by atoms with Crippen molar-refractivity contribution in [1.82, 2.24) is 27.9 Å². The number of ether oxygens (including phenoxy) is 5. The van der Waals surface area contributed by atoms with Crippen LogP contribution in [0.5, 0.6) is 11.5 Å². The minimum Gasteiger partial charge on any atom is -0.497 e. The molecule has 0 aliphatic carbocycles. The van der Waals surface area contributed by atoms with E-state index in [4.69, 9.17) is 50.6 Å². The van der Waals surface area contributed by atoms with E-state index in [1.165, 1.54) is 45.7 Å². The minimum atomic E-state index is -3.65. The van der Waals surface area contributed by atoms with Gasteiger partial charge in [0.15, 0.2) is 29.1 Å². The molecule has 450 valence electrons. The maximum atomic E-state index is 13.4. The largest absolute Gasteiger partial charge is 0.497 e. The van der Waals surface area contributed by atoms with Gasteiger partial charge in [0.05, 0.1) is 46.5 Å².